The lowest BCUT2D eigenvalue weighted by Crippen LogP contribution is -2.68. The molecule has 6 rings (SSSR count). The number of fused-ring (bicyclic) bond motifs is 1. The van der Waals surface area contributed by atoms with Gasteiger partial charge >= 0.3 is 0 Å². The Morgan fingerprint density at radius 2 is 1.89 bits per heavy atom. The van der Waals surface area contributed by atoms with E-state index >= 15 is 0 Å². The number of ether oxygens (including phenoxy) is 1. The minimum absolute atomic E-state index is 0.139. The van der Waals surface area contributed by atoms with Crippen LogP contribution < -0.4 is 10.7 Å². The number of piperidine rings is 2. The molecule has 2 bridgehead atoms. The maximum atomic E-state index is 14.6. The molecule has 3 amide bonds. The Kier molecular flexibility index (Phi) is 8.88. The van der Waals surface area contributed by atoms with Gasteiger partial charge in [0.15, 0.2) is 11.6 Å². The Labute approximate surface area is 261 Å². The Hall–Kier alpha value is -2.45. The van der Waals surface area contributed by atoms with E-state index in [1.807, 2.05) is 11.9 Å². The molecular formula is C30H42ClF2N7O4. The molecule has 0 saturated carbocycles. The number of piperazine rings is 1. The molecule has 11 nitrogen and oxygen atoms in total. The number of carbonyl (C=O) groups is 3. The van der Waals surface area contributed by atoms with Crippen LogP contribution in [0.1, 0.15) is 52.9 Å². The number of hydrogen-bond acceptors (Lipinski definition) is 8. The van der Waals surface area contributed by atoms with Gasteiger partial charge in [-0.3, -0.25) is 24.7 Å². The molecule has 8 atom stereocenters. The first-order valence-corrected chi connectivity index (χ1v) is 16.1. The van der Waals surface area contributed by atoms with Crippen LogP contribution in [0.15, 0.2) is 12.3 Å². The molecule has 1 aromatic heterocycles. The van der Waals surface area contributed by atoms with Crippen LogP contribution in [-0.2, 0) is 19.1 Å². The summed E-state index contributed by atoms with van der Waals surface area (Å²) in [5, 5.41) is 4.57. The highest BCUT2D eigenvalue weighted by Gasteiger charge is 2.69. The molecule has 0 aliphatic carbocycles. The number of halogens is 3. The number of nitrogens with one attached hydrogen (secondary N) is 2. The van der Waals surface area contributed by atoms with Crippen molar-refractivity contribution < 1.29 is 27.9 Å². The normalized spacial score (nSPS) is 35.4. The van der Waals surface area contributed by atoms with Crippen molar-refractivity contribution in [3.8, 4) is 0 Å². The highest BCUT2D eigenvalue weighted by molar-refractivity contribution is 6.13. The summed E-state index contributed by atoms with van der Waals surface area (Å²) in [7, 11) is 0. The lowest BCUT2D eigenvalue weighted by Gasteiger charge is -2.50. The zero-order valence-electron chi connectivity index (χ0n) is 25.5. The standard InChI is InChI=1S/C30H42ClF2N7O4/c1-17-5-4-8-39(19(17)3)36-27(41)22-14-30-7-6-23(44-30)25(28(42)35-24-13-20(32)21(33)15-34-24)26(30)29(43)40(22)18(2)16-37-9-11-38(31)12-10-37/h13,15,17-19,22-23,25-26H,4-12,14,16H2,1-3H3,(H,36,41)(H,34,35,42). The summed E-state index contributed by atoms with van der Waals surface area (Å²) in [4.78, 5) is 50.1. The van der Waals surface area contributed by atoms with E-state index in [0.29, 0.717) is 44.6 Å². The van der Waals surface area contributed by atoms with Crippen LogP contribution in [0.3, 0.4) is 0 Å². The monoisotopic (exact) mass is 637 g/mol. The third-order valence-corrected chi connectivity index (χ3v) is 10.9. The number of anilines is 1. The van der Waals surface area contributed by atoms with Crippen LogP contribution in [0.25, 0.3) is 0 Å². The van der Waals surface area contributed by atoms with Crippen LogP contribution in [0.2, 0.25) is 0 Å². The van der Waals surface area contributed by atoms with Gasteiger partial charge in [-0.25, -0.2) is 23.2 Å². The number of likely N-dealkylation sites (tertiary alicyclic amines) is 1. The number of pyridine rings is 1. The van der Waals surface area contributed by atoms with Crippen molar-refractivity contribution in [2.75, 3.05) is 44.6 Å². The molecule has 5 saturated heterocycles. The Balaban J connectivity index is 1.27. The van der Waals surface area contributed by atoms with E-state index in [-0.39, 0.29) is 36.1 Å². The van der Waals surface area contributed by atoms with E-state index in [1.165, 1.54) is 0 Å². The molecule has 0 radical (unpaired) electrons. The number of hydrazine groups is 1. The van der Waals surface area contributed by atoms with Gasteiger partial charge in [-0.1, -0.05) is 6.92 Å². The lowest BCUT2D eigenvalue weighted by atomic mass is 9.65. The molecular weight excluding hydrogens is 596 g/mol. The second kappa shape index (κ2) is 12.4. The smallest absolute Gasteiger partial charge is 0.257 e. The highest BCUT2D eigenvalue weighted by atomic mass is 35.5. The Morgan fingerprint density at radius 1 is 1.14 bits per heavy atom. The molecule has 44 heavy (non-hydrogen) atoms. The van der Waals surface area contributed by atoms with Crippen LogP contribution in [-0.4, -0.2) is 111 Å². The highest BCUT2D eigenvalue weighted by Crippen LogP contribution is 2.57. The fourth-order valence-electron chi connectivity index (χ4n) is 8.06. The summed E-state index contributed by atoms with van der Waals surface area (Å²) in [6.07, 6.45) is 3.63. The molecule has 6 heterocycles. The SMILES string of the molecule is CC1CCCN(NC(=O)C2CC34CCC(O3)C(C(=O)Nc3cc(F)c(F)cn3)C4C(=O)N2C(C)CN2CCN(Cl)CC2)C1C. The second-order valence-corrected chi connectivity index (χ2v) is 13.8. The van der Waals surface area contributed by atoms with Crippen LogP contribution >= 0.6 is 11.8 Å². The zero-order chi connectivity index (χ0) is 31.3. The fraction of sp³-hybridized carbons (Fsp3) is 0.733. The first-order chi connectivity index (χ1) is 21.0. The summed E-state index contributed by atoms with van der Waals surface area (Å²) in [6, 6.07) is -0.128. The number of rotatable bonds is 7. The van der Waals surface area contributed by atoms with E-state index in [1.54, 1.807) is 9.32 Å². The fourth-order valence-corrected chi connectivity index (χ4v) is 8.21. The quantitative estimate of drug-likeness (QED) is 0.439. The van der Waals surface area contributed by atoms with Gasteiger partial charge in [0, 0.05) is 63.8 Å². The van der Waals surface area contributed by atoms with E-state index in [0.717, 1.165) is 38.5 Å². The van der Waals surface area contributed by atoms with Gasteiger partial charge in [-0.05, 0) is 57.2 Å². The van der Waals surface area contributed by atoms with Gasteiger partial charge in [0.25, 0.3) is 5.91 Å². The molecule has 1 aromatic rings. The van der Waals surface area contributed by atoms with Crippen molar-refractivity contribution in [2.24, 2.45) is 17.8 Å². The molecule has 1 spiro atoms. The van der Waals surface area contributed by atoms with Crippen molar-refractivity contribution >= 4 is 35.3 Å². The predicted octanol–water partition coefficient (Wildman–Crippen LogP) is 2.37. The maximum absolute atomic E-state index is 14.6. The molecule has 2 N–H and O–H groups in total. The zero-order valence-corrected chi connectivity index (χ0v) is 26.2. The average molecular weight is 638 g/mol. The van der Waals surface area contributed by atoms with Gasteiger partial charge in [0.05, 0.1) is 29.7 Å². The van der Waals surface area contributed by atoms with E-state index in [2.05, 4.69) is 34.5 Å². The molecule has 8 unspecified atom stereocenters. The molecule has 14 heteroatoms. The van der Waals surface area contributed by atoms with Gasteiger partial charge in [-0.15, -0.1) is 0 Å². The van der Waals surface area contributed by atoms with Crippen LogP contribution in [0, 0.1) is 29.4 Å². The molecule has 5 aliphatic heterocycles. The van der Waals surface area contributed by atoms with Crippen molar-refractivity contribution in [1.29, 1.82) is 0 Å². The third kappa shape index (κ3) is 5.81. The van der Waals surface area contributed by atoms with Crippen LogP contribution in [0.4, 0.5) is 14.6 Å². The van der Waals surface area contributed by atoms with Crippen molar-refractivity contribution in [3.05, 3.63) is 23.9 Å². The van der Waals surface area contributed by atoms with Gasteiger partial charge < -0.3 is 15.0 Å². The number of amides is 3. The van der Waals surface area contributed by atoms with E-state index in [9.17, 15) is 23.2 Å². The van der Waals surface area contributed by atoms with Crippen molar-refractivity contribution in [1.82, 2.24) is 29.6 Å². The lowest BCUT2D eigenvalue weighted by molar-refractivity contribution is -0.168. The minimum atomic E-state index is -1.13. The Morgan fingerprint density at radius 3 is 2.61 bits per heavy atom. The molecule has 5 aliphatic rings. The number of carbonyl (C=O) groups excluding carboxylic acids is 3. The third-order valence-electron chi connectivity index (χ3n) is 10.6. The summed E-state index contributed by atoms with van der Waals surface area (Å²) in [5.41, 5.74) is 2.18. The maximum Gasteiger partial charge on any atom is 0.257 e. The average Bonchev–Trinajstić information content (AvgIpc) is 3.55. The van der Waals surface area contributed by atoms with Gasteiger partial charge in [0.1, 0.15) is 11.9 Å². The molecule has 0 aromatic carbocycles. The number of aromatic nitrogens is 1. The summed E-state index contributed by atoms with van der Waals surface area (Å²) < 4.78 is 35.5. The Bertz CT molecular complexity index is 1290. The van der Waals surface area contributed by atoms with Gasteiger partial charge in [0.2, 0.25) is 11.8 Å². The molecule has 242 valence electrons. The first kappa shape index (κ1) is 31.5. The summed E-state index contributed by atoms with van der Waals surface area (Å²) in [5.74, 6) is -4.70. The van der Waals surface area contributed by atoms with E-state index in [4.69, 9.17) is 16.5 Å². The van der Waals surface area contributed by atoms with Crippen molar-refractivity contribution in [3.63, 3.8) is 0 Å². The van der Waals surface area contributed by atoms with E-state index < -0.39 is 47.1 Å². The number of hydrogen-bond donors (Lipinski definition) is 2. The minimum Gasteiger partial charge on any atom is -0.370 e. The molecule has 5 fully saturated rings. The van der Waals surface area contributed by atoms with Crippen molar-refractivity contribution in [2.45, 2.75) is 82.7 Å². The number of nitrogens with zero attached hydrogens (tertiary/aromatic N) is 5. The summed E-state index contributed by atoms with van der Waals surface area (Å²) in [6.45, 7) is 10.4. The predicted molar refractivity (Wildman–Crippen MR) is 158 cm³/mol. The summed E-state index contributed by atoms with van der Waals surface area (Å²) >= 11 is 6.18. The van der Waals surface area contributed by atoms with Gasteiger partial charge in [-0.2, -0.15) is 0 Å². The second-order valence-electron chi connectivity index (χ2n) is 13.3. The van der Waals surface area contributed by atoms with Crippen LogP contribution in [0.5, 0.6) is 0 Å². The topological polar surface area (TPSA) is 110 Å². The largest absolute Gasteiger partial charge is 0.370 e. The first-order valence-electron chi connectivity index (χ1n) is 15.8.